The molecule has 0 aromatic heterocycles. The second-order valence-electron chi connectivity index (χ2n) is 8.36. The number of nitrogens with one attached hydrogen (secondary N) is 2. The van der Waals surface area contributed by atoms with Crippen LogP contribution in [-0.2, 0) is 22.6 Å². The molecule has 1 aromatic carbocycles. The molecule has 1 aromatic rings. The van der Waals surface area contributed by atoms with Gasteiger partial charge in [0.1, 0.15) is 0 Å². The SMILES string of the molecule is CN(C)C(=O)CNC(=NCc1ccccc1CN1CCC(O)C1)NCC1CCOC1. The van der Waals surface area contributed by atoms with Crippen LogP contribution in [0.1, 0.15) is 24.0 Å². The van der Waals surface area contributed by atoms with Crippen molar-refractivity contribution in [2.24, 2.45) is 10.9 Å². The van der Waals surface area contributed by atoms with E-state index >= 15 is 0 Å². The molecule has 30 heavy (non-hydrogen) atoms. The number of hydrogen-bond donors (Lipinski definition) is 3. The molecule has 2 unspecified atom stereocenters. The van der Waals surface area contributed by atoms with Gasteiger partial charge < -0.3 is 25.4 Å². The molecule has 2 aliphatic heterocycles. The maximum atomic E-state index is 12.0. The van der Waals surface area contributed by atoms with E-state index in [-0.39, 0.29) is 18.6 Å². The molecule has 2 saturated heterocycles. The topological polar surface area (TPSA) is 89.4 Å². The third-order valence-electron chi connectivity index (χ3n) is 5.66. The lowest BCUT2D eigenvalue weighted by Crippen LogP contribution is -2.44. The summed E-state index contributed by atoms with van der Waals surface area (Å²) in [6, 6.07) is 8.29. The van der Waals surface area contributed by atoms with Crippen molar-refractivity contribution in [1.29, 1.82) is 0 Å². The molecule has 8 heteroatoms. The summed E-state index contributed by atoms with van der Waals surface area (Å²) in [4.78, 5) is 20.6. The minimum Gasteiger partial charge on any atom is -0.392 e. The van der Waals surface area contributed by atoms with Crippen LogP contribution in [0.2, 0.25) is 0 Å². The number of guanidine groups is 1. The minimum absolute atomic E-state index is 0.00157. The number of benzene rings is 1. The molecule has 166 valence electrons. The van der Waals surface area contributed by atoms with Crippen molar-refractivity contribution in [2.45, 2.75) is 32.0 Å². The average molecular weight is 418 g/mol. The summed E-state index contributed by atoms with van der Waals surface area (Å²) in [6.45, 7) is 5.54. The first-order chi connectivity index (χ1) is 14.5. The van der Waals surface area contributed by atoms with E-state index < -0.39 is 0 Å². The van der Waals surface area contributed by atoms with Crippen molar-refractivity contribution in [1.82, 2.24) is 20.4 Å². The maximum Gasteiger partial charge on any atom is 0.241 e. The van der Waals surface area contributed by atoms with Crippen LogP contribution in [-0.4, -0.2) is 86.4 Å². The number of carbonyl (C=O) groups is 1. The summed E-state index contributed by atoms with van der Waals surface area (Å²) in [5, 5.41) is 16.3. The number of β-amino-alcohol motifs (C(OH)–C–C–N with tert-alkyl or cyclic N) is 1. The molecular weight excluding hydrogens is 382 g/mol. The molecule has 2 aliphatic rings. The fraction of sp³-hybridized carbons (Fsp3) is 0.636. The lowest BCUT2D eigenvalue weighted by molar-refractivity contribution is -0.127. The average Bonchev–Trinajstić information content (AvgIpc) is 3.39. The van der Waals surface area contributed by atoms with Gasteiger partial charge in [0.15, 0.2) is 5.96 Å². The largest absolute Gasteiger partial charge is 0.392 e. The van der Waals surface area contributed by atoms with Gasteiger partial charge in [-0.1, -0.05) is 24.3 Å². The number of hydrogen-bond acceptors (Lipinski definition) is 5. The molecule has 2 heterocycles. The second-order valence-corrected chi connectivity index (χ2v) is 8.36. The van der Waals surface area contributed by atoms with E-state index in [1.165, 1.54) is 5.56 Å². The van der Waals surface area contributed by atoms with E-state index in [2.05, 4.69) is 27.7 Å². The van der Waals surface area contributed by atoms with Gasteiger partial charge >= 0.3 is 0 Å². The van der Waals surface area contributed by atoms with Crippen molar-refractivity contribution in [3.05, 3.63) is 35.4 Å². The number of likely N-dealkylation sites (N-methyl/N-ethyl adjacent to an activating group) is 1. The van der Waals surface area contributed by atoms with Gasteiger partial charge in [0.2, 0.25) is 5.91 Å². The molecular formula is C22H35N5O3. The first-order valence-electron chi connectivity index (χ1n) is 10.8. The molecule has 2 fully saturated rings. The van der Waals surface area contributed by atoms with Crippen molar-refractivity contribution >= 4 is 11.9 Å². The highest BCUT2D eigenvalue weighted by atomic mass is 16.5. The molecule has 3 N–H and O–H groups in total. The van der Waals surface area contributed by atoms with E-state index in [9.17, 15) is 9.90 Å². The third-order valence-corrected chi connectivity index (χ3v) is 5.66. The summed E-state index contributed by atoms with van der Waals surface area (Å²) in [5.41, 5.74) is 2.38. The predicted octanol–water partition coefficient (Wildman–Crippen LogP) is 0.413. The highest BCUT2D eigenvalue weighted by molar-refractivity contribution is 5.86. The zero-order valence-electron chi connectivity index (χ0n) is 18.1. The van der Waals surface area contributed by atoms with Crippen LogP contribution in [0, 0.1) is 5.92 Å². The number of amides is 1. The van der Waals surface area contributed by atoms with Crippen LogP contribution >= 0.6 is 0 Å². The molecule has 1 amide bonds. The minimum atomic E-state index is -0.219. The number of aliphatic hydroxyl groups is 1. The normalized spacial score (nSPS) is 22.3. The first kappa shape index (κ1) is 22.5. The van der Waals surface area contributed by atoms with Gasteiger partial charge in [0, 0.05) is 52.8 Å². The summed E-state index contributed by atoms with van der Waals surface area (Å²) < 4.78 is 5.45. The van der Waals surface area contributed by atoms with Crippen molar-refractivity contribution in [3.63, 3.8) is 0 Å². The quantitative estimate of drug-likeness (QED) is 0.420. The highest BCUT2D eigenvalue weighted by Crippen LogP contribution is 2.17. The highest BCUT2D eigenvalue weighted by Gasteiger charge is 2.21. The van der Waals surface area contributed by atoms with Crippen LogP contribution in [0.25, 0.3) is 0 Å². The van der Waals surface area contributed by atoms with E-state index in [1.807, 2.05) is 12.1 Å². The fourth-order valence-electron chi connectivity index (χ4n) is 3.70. The van der Waals surface area contributed by atoms with Crippen LogP contribution in [0.4, 0.5) is 0 Å². The molecule has 0 radical (unpaired) electrons. The number of nitrogens with zero attached hydrogens (tertiary/aromatic N) is 3. The first-order valence-corrected chi connectivity index (χ1v) is 10.8. The number of likely N-dealkylation sites (tertiary alicyclic amines) is 1. The Hall–Kier alpha value is -2.16. The molecule has 0 spiro atoms. The predicted molar refractivity (Wildman–Crippen MR) is 117 cm³/mol. The smallest absolute Gasteiger partial charge is 0.241 e. The van der Waals surface area contributed by atoms with Gasteiger partial charge in [-0.05, 0) is 24.0 Å². The standard InChI is InChI=1S/C22H35N5O3/c1-26(2)21(29)13-25-22(23-11-17-8-10-30-16-17)24-12-18-5-3-4-6-19(18)14-27-9-7-20(28)15-27/h3-6,17,20,28H,7-16H2,1-2H3,(H2,23,24,25). The molecule has 0 saturated carbocycles. The van der Waals surface area contributed by atoms with Crippen LogP contribution in [0.5, 0.6) is 0 Å². The Bertz CT molecular complexity index is 718. The molecule has 3 rings (SSSR count). The van der Waals surface area contributed by atoms with Crippen molar-refractivity contribution < 1.29 is 14.6 Å². The van der Waals surface area contributed by atoms with Crippen LogP contribution in [0.15, 0.2) is 29.3 Å². The Morgan fingerprint density at radius 1 is 1.27 bits per heavy atom. The number of ether oxygens (including phenoxy) is 1. The second kappa shape index (κ2) is 11.3. The molecule has 0 aliphatic carbocycles. The Labute approximate surface area is 179 Å². The maximum absolute atomic E-state index is 12.0. The summed E-state index contributed by atoms with van der Waals surface area (Å²) in [7, 11) is 3.49. The zero-order valence-corrected chi connectivity index (χ0v) is 18.1. The van der Waals surface area contributed by atoms with Crippen LogP contribution in [0.3, 0.4) is 0 Å². The zero-order chi connectivity index (χ0) is 21.3. The Balaban J connectivity index is 1.63. The van der Waals surface area contributed by atoms with Gasteiger partial charge in [-0.2, -0.15) is 0 Å². The number of carbonyl (C=O) groups excluding carboxylic acids is 1. The van der Waals surface area contributed by atoms with Gasteiger partial charge in [-0.3, -0.25) is 9.69 Å². The lowest BCUT2D eigenvalue weighted by Gasteiger charge is -2.18. The summed E-state index contributed by atoms with van der Waals surface area (Å²) in [6.07, 6.45) is 1.66. The Morgan fingerprint density at radius 2 is 2.07 bits per heavy atom. The van der Waals surface area contributed by atoms with E-state index in [0.717, 1.165) is 57.8 Å². The Kier molecular flexibility index (Phi) is 8.48. The van der Waals surface area contributed by atoms with Gasteiger partial charge in [-0.15, -0.1) is 0 Å². The van der Waals surface area contributed by atoms with Crippen molar-refractivity contribution in [3.8, 4) is 0 Å². The van der Waals surface area contributed by atoms with Crippen LogP contribution < -0.4 is 10.6 Å². The van der Waals surface area contributed by atoms with E-state index in [4.69, 9.17) is 9.73 Å². The molecule has 8 nitrogen and oxygen atoms in total. The monoisotopic (exact) mass is 417 g/mol. The van der Waals surface area contributed by atoms with Gasteiger partial charge in [-0.25, -0.2) is 4.99 Å². The molecule has 0 bridgehead atoms. The number of rotatable bonds is 8. The third kappa shape index (κ3) is 6.97. The van der Waals surface area contributed by atoms with Crippen molar-refractivity contribution in [2.75, 3.05) is 53.5 Å². The van der Waals surface area contributed by atoms with Gasteiger partial charge in [0.25, 0.3) is 0 Å². The van der Waals surface area contributed by atoms with Gasteiger partial charge in [0.05, 0.1) is 25.8 Å². The van der Waals surface area contributed by atoms with E-state index in [1.54, 1.807) is 19.0 Å². The summed E-state index contributed by atoms with van der Waals surface area (Å²) >= 11 is 0. The van der Waals surface area contributed by atoms with E-state index in [0.29, 0.717) is 18.4 Å². The Morgan fingerprint density at radius 3 is 2.73 bits per heavy atom. The number of aliphatic imine (C=N–C) groups is 1. The summed E-state index contributed by atoms with van der Waals surface area (Å²) in [5.74, 6) is 1.11. The number of aliphatic hydroxyl groups excluding tert-OH is 1. The lowest BCUT2D eigenvalue weighted by atomic mass is 10.1. The molecule has 2 atom stereocenters. The fourth-order valence-corrected chi connectivity index (χ4v) is 3.70.